The number of anilines is 2. The number of hydrogen-bond donors (Lipinski definition) is 1. The Morgan fingerprint density at radius 1 is 1.27 bits per heavy atom. The van der Waals surface area contributed by atoms with E-state index in [0.717, 1.165) is 32.1 Å². The summed E-state index contributed by atoms with van der Waals surface area (Å²) >= 11 is 6.01. The number of nitriles is 1. The Morgan fingerprint density at radius 3 is 2.58 bits per heavy atom. The predicted octanol–water partition coefficient (Wildman–Crippen LogP) is 2.15. The van der Waals surface area contributed by atoms with Crippen molar-refractivity contribution >= 4 is 29.1 Å². The number of amides is 1. The van der Waals surface area contributed by atoms with Crippen LogP contribution in [0.3, 0.4) is 0 Å². The maximum absolute atomic E-state index is 12.5. The molecule has 1 aliphatic rings. The number of carbonyl (C=O) groups excluding carboxylic acids is 1. The van der Waals surface area contributed by atoms with E-state index in [0.29, 0.717) is 16.3 Å². The highest BCUT2D eigenvalue weighted by Crippen LogP contribution is 2.21. The van der Waals surface area contributed by atoms with Gasteiger partial charge in [0.1, 0.15) is 6.07 Å². The number of nitrogens with one attached hydrogen (secondary N) is 1. The molecule has 1 aromatic heterocycles. The zero-order valence-corrected chi connectivity index (χ0v) is 15.1. The lowest BCUT2D eigenvalue weighted by atomic mass is 10.2. The van der Waals surface area contributed by atoms with E-state index < -0.39 is 0 Å². The molecular weight excluding hydrogens is 352 g/mol. The molecule has 7 nitrogen and oxygen atoms in total. The summed E-state index contributed by atoms with van der Waals surface area (Å²) in [6.45, 7) is 4.92. The Balaban J connectivity index is 1.56. The zero-order chi connectivity index (χ0) is 18.5. The Bertz CT molecular complexity index is 814. The van der Waals surface area contributed by atoms with Crippen LogP contribution >= 0.6 is 11.6 Å². The van der Waals surface area contributed by atoms with Crippen molar-refractivity contribution in [3.63, 3.8) is 0 Å². The van der Waals surface area contributed by atoms with Crippen LogP contribution in [-0.4, -0.2) is 53.0 Å². The van der Waals surface area contributed by atoms with Gasteiger partial charge in [0, 0.05) is 44.3 Å². The monoisotopic (exact) mass is 370 g/mol. The molecule has 0 radical (unpaired) electrons. The molecular formula is C18H19ClN6O. The molecule has 0 saturated carbocycles. The average molecular weight is 371 g/mol. The molecule has 26 heavy (non-hydrogen) atoms. The number of piperazine rings is 1. The summed E-state index contributed by atoms with van der Waals surface area (Å²) in [5.41, 5.74) is 0.971. The largest absolute Gasteiger partial charge is 0.338 e. The van der Waals surface area contributed by atoms with Gasteiger partial charge >= 0.3 is 0 Å². The van der Waals surface area contributed by atoms with Gasteiger partial charge < -0.3 is 10.2 Å². The molecule has 134 valence electrons. The van der Waals surface area contributed by atoms with Crippen LogP contribution in [0, 0.1) is 11.3 Å². The summed E-state index contributed by atoms with van der Waals surface area (Å²) in [5.74, 6) is 0.617. The number of benzene rings is 1. The summed E-state index contributed by atoms with van der Waals surface area (Å²) < 4.78 is 0. The summed E-state index contributed by atoms with van der Waals surface area (Å²) in [6.07, 6.45) is 3.46. The molecule has 1 atom stereocenters. The summed E-state index contributed by atoms with van der Waals surface area (Å²) in [4.78, 5) is 25.3. The normalized spacial score (nSPS) is 16.0. The highest BCUT2D eigenvalue weighted by molar-refractivity contribution is 6.32. The topological polar surface area (TPSA) is 85.2 Å². The summed E-state index contributed by atoms with van der Waals surface area (Å²) in [7, 11) is 0. The van der Waals surface area contributed by atoms with Gasteiger partial charge in [-0.15, -0.1) is 0 Å². The van der Waals surface area contributed by atoms with E-state index in [1.54, 1.807) is 36.7 Å². The quantitative estimate of drug-likeness (QED) is 0.887. The maximum Gasteiger partial charge on any atom is 0.241 e. The van der Waals surface area contributed by atoms with Crippen LogP contribution in [0.25, 0.3) is 0 Å². The Kier molecular flexibility index (Phi) is 5.66. The molecule has 0 unspecified atom stereocenters. The van der Waals surface area contributed by atoms with Gasteiger partial charge in [-0.25, -0.2) is 9.97 Å². The van der Waals surface area contributed by atoms with Crippen LogP contribution < -0.4 is 10.2 Å². The molecule has 1 saturated heterocycles. The summed E-state index contributed by atoms with van der Waals surface area (Å²) in [5, 5.41) is 12.1. The summed E-state index contributed by atoms with van der Waals surface area (Å²) in [6, 6.07) is 8.39. The number of hydrogen-bond acceptors (Lipinski definition) is 6. The molecule has 1 fully saturated rings. The molecule has 3 rings (SSSR count). The molecule has 8 heteroatoms. The molecule has 1 aliphatic heterocycles. The van der Waals surface area contributed by atoms with Gasteiger partial charge in [-0.2, -0.15) is 5.26 Å². The number of rotatable bonds is 4. The van der Waals surface area contributed by atoms with Crippen LogP contribution in [0.1, 0.15) is 12.5 Å². The fraction of sp³-hybridized carbons (Fsp3) is 0.333. The van der Waals surface area contributed by atoms with Gasteiger partial charge in [-0.3, -0.25) is 9.69 Å². The van der Waals surface area contributed by atoms with E-state index in [2.05, 4.69) is 25.1 Å². The van der Waals surface area contributed by atoms with Crippen LogP contribution in [0.15, 0.2) is 36.7 Å². The van der Waals surface area contributed by atoms with Crippen LogP contribution in [-0.2, 0) is 4.79 Å². The minimum Gasteiger partial charge on any atom is -0.338 e. The second-order valence-corrected chi connectivity index (χ2v) is 6.45. The van der Waals surface area contributed by atoms with Gasteiger partial charge in [0.25, 0.3) is 0 Å². The minimum absolute atomic E-state index is 0.102. The first kappa shape index (κ1) is 18.1. The third-order valence-corrected chi connectivity index (χ3v) is 4.75. The smallest absolute Gasteiger partial charge is 0.241 e. The first-order valence-corrected chi connectivity index (χ1v) is 8.73. The van der Waals surface area contributed by atoms with E-state index in [1.165, 1.54) is 0 Å². The van der Waals surface area contributed by atoms with E-state index in [1.807, 2.05) is 13.0 Å². The Labute approximate surface area is 157 Å². The van der Waals surface area contributed by atoms with Crippen LogP contribution in [0.5, 0.6) is 0 Å². The Morgan fingerprint density at radius 2 is 1.96 bits per heavy atom. The van der Waals surface area contributed by atoms with Gasteiger partial charge in [0.15, 0.2) is 0 Å². The molecule has 0 spiro atoms. The number of nitrogens with zero attached hydrogens (tertiary/aromatic N) is 5. The van der Waals surface area contributed by atoms with Gasteiger partial charge in [-0.05, 0) is 31.2 Å². The molecule has 1 aromatic carbocycles. The van der Waals surface area contributed by atoms with E-state index in [4.69, 9.17) is 16.9 Å². The first-order chi connectivity index (χ1) is 12.6. The van der Waals surface area contributed by atoms with Gasteiger partial charge in [0.2, 0.25) is 11.9 Å². The fourth-order valence-electron chi connectivity index (χ4n) is 2.86. The molecule has 2 heterocycles. The maximum atomic E-state index is 12.5. The minimum atomic E-state index is -0.275. The van der Waals surface area contributed by atoms with Crippen LogP contribution in [0.4, 0.5) is 11.6 Å². The number of halogens is 1. The van der Waals surface area contributed by atoms with Crippen LogP contribution in [0.2, 0.25) is 5.02 Å². The van der Waals surface area contributed by atoms with Crippen molar-refractivity contribution in [2.45, 2.75) is 13.0 Å². The lowest BCUT2D eigenvalue weighted by molar-refractivity contribution is -0.120. The number of carbonyl (C=O) groups is 1. The molecule has 0 aliphatic carbocycles. The van der Waals surface area contributed by atoms with Gasteiger partial charge in [-0.1, -0.05) is 11.6 Å². The van der Waals surface area contributed by atoms with Crippen molar-refractivity contribution in [3.8, 4) is 6.07 Å². The predicted molar refractivity (Wildman–Crippen MR) is 100 cm³/mol. The standard InChI is InChI=1S/C18H19ClN6O/c1-13(17(26)23-15-4-3-14(12-20)16(19)11-15)24-7-9-25(10-8-24)18-21-5-2-6-22-18/h2-6,11,13H,7-10H2,1H3,(H,23,26)/t13-/m1/s1. The third-order valence-electron chi connectivity index (χ3n) is 4.43. The molecule has 0 bridgehead atoms. The van der Waals surface area contributed by atoms with Crippen molar-refractivity contribution in [1.82, 2.24) is 14.9 Å². The van der Waals surface area contributed by atoms with E-state index in [9.17, 15) is 4.79 Å². The highest BCUT2D eigenvalue weighted by atomic mass is 35.5. The lowest BCUT2D eigenvalue weighted by Crippen LogP contribution is -2.53. The SMILES string of the molecule is C[C@H](C(=O)Nc1ccc(C#N)c(Cl)c1)N1CCN(c2ncccn2)CC1. The highest BCUT2D eigenvalue weighted by Gasteiger charge is 2.26. The van der Waals surface area contributed by atoms with Crippen molar-refractivity contribution in [2.75, 3.05) is 36.4 Å². The van der Waals surface area contributed by atoms with E-state index in [-0.39, 0.29) is 11.9 Å². The zero-order valence-electron chi connectivity index (χ0n) is 14.4. The third kappa shape index (κ3) is 4.10. The number of aromatic nitrogens is 2. The Hall–Kier alpha value is -2.69. The first-order valence-electron chi connectivity index (χ1n) is 8.35. The van der Waals surface area contributed by atoms with E-state index >= 15 is 0 Å². The average Bonchev–Trinajstić information content (AvgIpc) is 2.68. The van der Waals surface area contributed by atoms with Crippen molar-refractivity contribution in [3.05, 3.63) is 47.2 Å². The van der Waals surface area contributed by atoms with Gasteiger partial charge in [0.05, 0.1) is 16.6 Å². The molecule has 1 amide bonds. The molecule has 1 N–H and O–H groups in total. The van der Waals surface area contributed by atoms with Crippen molar-refractivity contribution in [1.29, 1.82) is 5.26 Å². The second kappa shape index (κ2) is 8.13. The van der Waals surface area contributed by atoms with Crippen molar-refractivity contribution < 1.29 is 4.79 Å². The fourth-order valence-corrected chi connectivity index (χ4v) is 3.08. The van der Waals surface area contributed by atoms with Crippen molar-refractivity contribution in [2.24, 2.45) is 0 Å². The second-order valence-electron chi connectivity index (χ2n) is 6.04. The molecule has 2 aromatic rings. The lowest BCUT2D eigenvalue weighted by Gasteiger charge is -2.37.